The van der Waals surface area contributed by atoms with Gasteiger partial charge in [0.2, 0.25) is 5.91 Å². The minimum absolute atomic E-state index is 0.196. The first-order valence-corrected chi connectivity index (χ1v) is 10.4. The predicted octanol–water partition coefficient (Wildman–Crippen LogP) is 2.57. The van der Waals surface area contributed by atoms with E-state index in [0.717, 1.165) is 45.3 Å². The SMILES string of the molecule is NC1C2CCCC1CC(C(=O)NCC1CCN(c3ccncc3)CC1)C2. The number of anilines is 1. The average molecular weight is 357 g/mol. The van der Waals surface area contributed by atoms with Gasteiger partial charge >= 0.3 is 0 Å². The van der Waals surface area contributed by atoms with Crippen molar-refractivity contribution in [1.29, 1.82) is 0 Å². The maximum Gasteiger partial charge on any atom is 0.223 e. The van der Waals surface area contributed by atoms with Gasteiger partial charge < -0.3 is 16.0 Å². The molecule has 0 radical (unpaired) electrons. The molecule has 2 aliphatic carbocycles. The molecule has 2 atom stereocenters. The molecule has 3 fully saturated rings. The minimum atomic E-state index is 0.196. The monoisotopic (exact) mass is 356 g/mol. The van der Waals surface area contributed by atoms with Crippen LogP contribution in [0.4, 0.5) is 5.69 Å². The maximum absolute atomic E-state index is 12.7. The molecule has 1 amide bonds. The average Bonchev–Trinajstić information content (AvgIpc) is 2.67. The normalized spacial score (nSPS) is 32.3. The van der Waals surface area contributed by atoms with Crippen LogP contribution in [-0.2, 0) is 4.79 Å². The van der Waals surface area contributed by atoms with E-state index in [1.165, 1.54) is 24.9 Å². The van der Waals surface area contributed by atoms with Crippen molar-refractivity contribution in [2.75, 3.05) is 24.5 Å². The Kier molecular flexibility index (Phi) is 5.44. The molecule has 2 heterocycles. The van der Waals surface area contributed by atoms with Crippen LogP contribution >= 0.6 is 0 Å². The van der Waals surface area contributed by atoms with Gasteiger partial charge in [-0.15, -0.1) is 0 Å². The predicted molar refractivity (Wildman–Crippen MR) is 104 cm³/mol. The summed E-state index contributed by atoms with van der Waals surface area (Å²) in [5, 5.41) is 3.27. The van der Waals surface area contributed by atoms with Crippen LogP contribution in [0.25, 0.3) is 0 Å². The quantitative estimate of drug-likeness (QED) is 0.870. The third-order valence-corrected chi connectivity index (χ3v) is 6.99. The van der Waals surface area contributed by atoms with Crippen molar-refractivity contribution in [3.63, 3.8) is 0 Å². The highest BCUT2D eigenvalue weighted by molar-refractivity contribution is 5.78. The van der Waals surface area contributed by atoms with Gasteiger partial charge in [-0.05, 0) is 68.4 Å². The summed E-state index contributed by atoms with van der Waals surface area (Å²) in [6.45, 7) is 2.96. The molecule has 0 aromatic carbocycles. The summed E-state index contributed by atoms with van der Waals surface area (Å²) in [6.07, 6.45) is 11.7. The summed E-state index contributed by atoms with van der Waals surface area (Å²) in [6, 6.07) is 4.49. The second-order valence-corrected chi connectivity index (χ2v) is 8.58. The molecule has 2 unspecified atom stereocenters. The smallest absolute Gasteiger partial charge is 0.223 e. The number of pyridine rings is 1. The van der Waals surface area contributed by atoms with Crippen LogP contribution in [0, 0.1) is 23.7 Å². The molecular formula is C21H32N4O. The lowest BCUT2D eigenvalue weighted by molar-refractivity contribution is -0.128. The van der Waals surface area contributed by atoms with Gasteiger partial charge in [0.15, 0.2) is 0 Å². The van der Waals surface area contributed by atoms with Crippen molar-refractivity contribution in [3.05, 3.63) is 24.5 Å². The Morgan fingerprint density at radius 2 is 1.77 bits per heavy atom. The Morgan fingerprint density at radius 3 is 2.42 bits per heavy atom. The standard InChI is InChI=1S/C21H32N4O/c22-20-16-2-1-3-17(20)13-18(12-16)21(26)24-14-15-6-10-25(11-7-15)19-4-8-23-9-5-19/h4-5,8-9,15-18,20H,1-3,6-7,10-14,22H2,(H,24,26). The van der Waals surface area contributed by atoms with Crippen molar-refractivity contribution in [2.45, 2.75) is 51.0 Å². The van der Waals surface area contributed by atoms with E-state index >= 15 is 0 Å². The molecule has 0 spiro atoms. The van der Waals surface area contributed by atoms with Gasteiger partial charge in [-0.1, -0.05) is 6.42 Å². The zero-order chi connectivity index (χ0) is 17.9. The molecule has 26 heavy (non-hydrogen) atoms. The molecule has 4 rings (SSSR count). The molecule has 5 heteroatoms. The van der Waals surface area contributed by atoms with Crippen LogP contribution in [0.15, 0.2) is 24.5 Å². The molecule has 1 aliphatic heterocycles. The number of carbonyl (C=O) groups excluding carboxylic acids is 1. The van der Waals surface area contributed by atoms with Gasteiger partial charge in [-0.25, -0.2) is 0 Å². The van der Waals surface area contributed by atoms with Crippen LogP contribution in [-0.4, -0.2) is 36.6 Å². The van der Waals surface area contributed by atoms with Crippen molar-refractivity contribution in [3.8, 4) is 0 Å². The number of carbonyl (C=O) groups is 1. The van der Waals surface area contributed by atoms with E-state index in [2.05, 4.69) is 27.3 Å². The number of amides is 1. The molecule has 2 saturated carbocycles. The second-order valence-electron chi connectivity index (χ2n) is 8.58. The van der Waals surface area contributed by atoms with Gasteiger partial charge in [0, 0.05) is 49.7 Å². The molecule has 5 nitrogen and oxygen atoms in total. The molecule has 142 valence electrons. The number of hydrogen-bond donors (Lipinski definition) is 2. The highest BCUT2D eigenvalue weighted by atomic mass is 16.1. The number of piperidine rings is 1. The number of nitrogens with zero attached hydrogens (tertiary/aromatic N) is 2. The maximum atomic E-state index is 12.7. The molecule has 1 saturated heterocycles. The first kappa shape index (κ1) is 17.8. The number of fused-ring (bicyclic) bond motifs is 2. The summed E-state index contributed by atoms with van der Waals surface area (Å²) < 4.78 is 0. The van der Waals surface area contributed by atoms with E-state index in [4.69, 9.17) is 5.73 Å². The summed E-state index contributed by atoms with van der Waals surface area (Å²) in [5.41, 5.74) is 7.62. The fraction of sp³-hybridized carbons (Fsp3) is 0.714. The van der Waals surface area contributed by atoms with Crippen LogP contribution < -0.4 is 16.0 Å². The molecule has 1 aromatic rings. The third kappa shape index (κ3) is 3.88. The summed E-state index contributed by atoms with van der Waals surface area (Å²) in [4.78, 5) is 19.2. The highest BCUT2D eigenvalue weighted by Crippen LogP contribution is 2.41. The van der Waals surface area contributed by atoms with Gasteiger partial charge in [-0.2, -0.15) is 0 Å². The van der Waals surface area contributed by atoms with Crippen LogP contribution in [0.1, 0.15) is 44.9 Å². The number of nitrogens with two attached hydrogens (primary N) is 1. The zero-order valence-corrected chi connectivity index (χ0v) is 15.6. The zero-order valence-electron chi connectivity index (χ0n) is 15.6. The van der Waals surface area contributed by atoms with Crippen molar-refractivity contribution < 1.29 is 4.79 Å². The fourth-order valence-corrected chi connectivity index (χ4v) is 5.34. The Bertz CT molecular complexity index is 585. The van der Waals surface area contributed by atoms with Crippen molar-refractivity contribution in [2.24, 2.45) is 29.4 Å². The summed E-state index contributed by atoms with van der Waals surface area (Å²) in [5.74, 6) is 2.22. The Hall–Kier alpha value is -1.62. The molecule has 1 aromatic heterocycles. The van der Waals surface area contributed by atoms with E-state index < -0.39 is 0 Å². The lowest BCUT2D eigenvalue weighted by atomic mass is 9.65. The van der Waals surface area contributed by atoms with Gasteiger partial charge in [0.25, 0.3) is 0 Å². The van der Waals surface area contributed by atoms with E-state index in [9.17, 15) is 4.79 Å². The number of hydrogen-bond acceptors (Lipinski definition) is 4. The summed E-state index contributed by atoms with van der Waals surface area (Å²) >= 11 is 0. The third-order valence-electron chi connectivity index (χ3n) is 6.99. The molecular weight excluding hydrogens is 324 g/mol. The fourth-order valence-electron chi connectivity index (χ4n) is 5.34. The first-order chi connectivity index (χ1) is 12.7. The molecule has 3 aliphatic rings. The number of aromatic nitrogens is 1. The van der Waals surface area contributed by atoms with Crippen molar-refractivity contribution >= 4 is 11.6 Å². The largest absolute Gasteiger partial charge is 0.371 e. The highest BCUT2D eigenvalue weighted by Gasteiger charge is 2.40. The van der Waals surface area contributed by atoms with E-state index in [1.54, 1.807) is 0 Å². The minimum Gasteiger partial charge on any atom is -0.371 e. The number of nitrogens with one attached hydrogen (secondary N) is 1. The van der Waals surface area contributed by atoms with Crippen LogP contribution in [0.3, 0.4) is 0 Å². The van der Waals surface area contributed by atoms with Crippen molar-refractivity contribution in [1.82, 2.24) is 10.3 Å². The number of rotatable bonds is 4. The van der Waals surface area contributed by atoms with Gasteiger partial charge in [-0.3, -0.25) is 9.78 Å². The van der Waals surface area contributed by atoms with Gasteiger partial charge in [0.1, 0.15) is 0 Å². The molecule has 2 bridgehead atoms. The Morgan fingerprint density at radius 1 is 1.12 bits per heavy atom. The molecule has 3 N–H and O–H groups in total. The van der Waals surface area contributed by atoms with E-state index in [-0.39, 0.29) is 11.8 Å². The second kappa shape index (κ2) is 7.95. The lowest BCUT2D eigenvalue weighted by Crippen LogP contribution is -2.49. The first-order valence-electron chi connectivity index (χ1n) is 10.4. The van der Waals surface area contributed by atoms with E-state index in [1.807, 2.05) is 12.4 Å². The van der Waals surface area contributed by atoms with Crippen LogP contribution in [0.2, 0.25) is 0 Å². The lowest BCUT2D eigenvalue weighted by Gasteiger charge is -2.43. The van der Waals surface area contributed by atoms with E-state index in [0.29, 0.717) is 23.8 Å². The van der Waals surface area contributed by atoms with Crippen LogP contribution in [0.5, 0.6) is 0 Å². The summed E-state index contributed by atoms with van der Waals surface area (Å²) in [7, 11) is 0. The topological polar surface area (TPSA) is 71.2 Å². The van der Waals surface area contributed by atoms with Gasteiger partial charge in [0.05, 0.1) is 0 Å². The Labute approximate surface area is 156 Å². The Balaban J connectivity index is 1.22.